The van der Waals surface area contributed by atoms with Crippen molar-refractivity contribution in [3.8, 4) is 0 Å². The van der Waals surface area contributed by atoms with Crippen molar-refractivity contribution in [2.24, 2.45) is 0 Å². The van der Waals surface area contributed by atoms with Crippen molar-refractivity contribution >= 4 is 22.7 Å². The zero-order chi connectivity index (χ0) is 14.1. The number of rotatable bonds is 6. The molecule has 2 aromatic rings. The van der Waals surface area contributed by atoms with E-state index in [9.17, 15) is 0 Å². The maximum Gasteiger partial charge on any atom is 0.119 e. The van der Waals surface area contributed by atoms with Crippen LogP contribution in [0.25, 0.3) is 0 Å². The Kier molecular flexibility index (Phi) is 4.10. The van der Waals surface area contributed by atoms with Crippen LogP contribution < -0.4 is 0 Å². The fraction of sp³-hybridized carbons (Fsp3) is 0.500. The Bertz CT molecular complexity index is 494. The molecule has 0 aliphatic carbocycles. The van der Waals surface area contributed by atoms with E-state index in [-0.39, 0.29) is 24.4 Å². The van der Waals surface area contributed by atoms with E-state index in [1.165, 1.54) is 9.75 Å². The molecule has 2 saturated heterocycles. The first-order chi connectivity index (χ1) is 10.4. The average Bonchev–Trinajstić information content (AvgIpc) is 3.05. The van der Waals surface area contributed by atoms with Crippen LogP contribution in [0, 0.1) is 0 Å². The van der Waals surface area contributed by atoms with Crippen molar-refractivity contribution < 1.29 is 14.2 Å². The third-order valence-electron chi connectivity index (χ3n) is 4.08. The summed E-state index contributed by atoms with van der Waals surface area (Å²) in [5.41, 5.74) is 0. The third-order valence-corrected chi connectivity index (χ3v) is 5.95. The minimum atomic E-state index is 0.0232. The van der Waals surface area contributed by atoms with Gasteiger partial charge in [-0.2, -0.15) is 0 Å². The minimum Gasteiger partial charge on any atom is -0.375 e. The van der Waals surface area contributed by atoms with Gasteiger partial charge >= 0.3 is 0 Å². The Morgan fingerprint density at radius 3 is 1.67 bits per heavy atom. The van der Waals surface area contributed by atoms with E-state index in [1.54, 1.807) is 22.7 Å². The van der Waals surface area contributed by atoms with Crippen LogP contribution in [0.1, 0.15) is 34.8 Å². The van der Waals surface area contributed by atoms with E-state index >= 15 is 0 Å². The quantitative estimate of drug-likeness (QED) is 0.798. The zero-order valence-electron chi connectivity index (χ0n) is 11.6. The van der Waals surface area contributed by atoms with E-state index in [1.807, 2.05) is 0 Å². The number of hydrogen-bond donors (Lipinski definition) is 0. The highest BCUT2D eigenvalue weighted by atomic mass is 32.1. The number of ether oxygens (including phenoxy) is 3. The van der Waals surface area contributed by atoms with Gasteiger partial charge in [-0.25, -0.2) is 0 Å². The summed E-state index contributed by atoms with van der Waals surface area (Å²) in [5.74, 6) is 0. The highest BCUT2D eigenvalue weighted by molar-refractivity contribution is 7.10. The van der Waals surface area contributed by atoms with Crippen molar-refractivity contribution in [1.82, 2.24) is 0 Å². The lowest BCUT2D eigenvalue weighted by Crippen LogP contribution is -2.39. The maximum absolute atomic E-state index is 6.52. The average molecular weight is 322 g/mol. The molecule has 2 aliphatic heterocycles. The van der Waals surface area contributed by atoms with Gasteiger partial charge in [-0.1, -0.05) is 12.1 Å². The second-order valence-electron chi connectivity index (χ2n) is 5.40. The molecule has 21 heavy (non-hydrogen) atoms. The van der Waals surface area contributed by atoms with Crippen LogP contribution in [0.2, 0.25) is 0 Å². The maximum atomic E-state index is 6.52. The molecule has 4 rings (SSSR count). The van der Waals surface area contributed by atoms with Crippen LogP contribution in [-0.2, 0) is 14.2 Å². The van der Waals surface area contributed by atoms with E-state index in [2.05, 4.69) is 35.0 Å². The van der Waals surface area contributed by atoms with Crippen LogP contribution in [0.15, 0.2) is 35.0 Å². The molecule has 2 aromatic heterocycles. The minimum absolute atomic E-state index is 0.0232. The molecule has 4 atom stereocenters. The molecule has 112 valence electrons. The van der Waals surface area contributed by atoms with Crippen LogP contribution in [0.3, 0.4) is 0 Å². The summed E-state index contributed by atoms with van der Waals surface area (Å²) in [6, 6.07) is 8.44. The molecule has 0 saturated carbocycles. The van der Waals surface area contributed by atoms with Crippen LogP contribution in [0.5, 0.6) is 0 Å². The van der Waals surface area contributed by atoms with Crippen LogP contribution in [0.4, 0.5) is 0 Å². The van der Waals surface area contributed by atoms with E-state index in [0.29, 0.717) is 0 Å². The largest absolute Gasteiger partial charge is 0.375 e. The van der Waals surface area contributed by atoms with Gasteiger partial charge in [0, 0.05) is 23.0 Å². The molecule has 0 N–H and O–H groups in total. The summed E-state index contributed by atoms with van der Waals surface area (Å²) in [4.78, 5) is 2.50. The summed E-state index contributed by atoms with van der Waals surface area (Å²) in [6.07, 6.45) is 2.57. The second kappa shape index (κ2) is 6.18. The number of thiophene rings is 2. The molecule has 0 aromatic carbocycles. The van der Waals surface area contributed by atoms with Crippen molar-refractivity contribution in [1.29, 1.82) is 0 Å². The van der Waals surface area contributed by atoms with Crippen molar-refractivity contribution in [3.63, 3.8) is 0 Å². The van der Waals surface area contributed by atoms with Gasteiger partial charge in [-0.05, 0) is 35.7 Å². The fourth-order valence-corrected chi connectivity index (χ4v) is 4.35. The van der Waals surface area contributed by atoms with E-state index < -0.39 is 0 Å². The van der Waals surface area contributed by atoms with Gasteiger partial charge in [0.15, 0.2) is 0 Å². The Morgan fingerprint density at radius 2 is 1.38 bits per heavy atom. The predicted molar refractivity (Wildman–Crippen MR) is 83.9 cm³/mol. The normalized spacial score (nSPS) is 27.6. The highest BCUT2D eigenvalue weighted by Crippen LogP contribution is 2.41. The van der Waals surface area contributed by atoms with E-state index in [4.69, 9.17) is 14.2 Å². The van der Waals surface area contributed by atoms with Gasteiger partial charge in [-0.15, -0.1) is 22.7 Å². The van der Waals surface area contributed by atoms with Crippen molar-refractivity contribution in [2.45, 2.75) is 37.3 Å². The van der Waals surface area contributed by atoms with Gasteiger partial charge < -0.3 is 14.2 Å². The lowest BCUT2D eigenvalue weighted by atomic mass is 10.0. The molecule has 4 heterocycles. The van der Waals surface area contributed by atoms with Gasteiger partial charge in [0.25, 0.3) is 0 Å². The first kappa shape index (κ1) is 13.9. The van der Waals surface area contributed by atoms with Gasteiger partial charge in [0.2, 0.25) is 0 Å². The van der Waals surface area contributed by atoms with Gasteiger partial charge in [0.1, 0.15) is 12.2 Å². The summed E-state index contributed by atoms with van der Waals surface area (Å²) in [6.45, 7) is 1.69. The standard InChI is InChI=1S/C16H18O3S2/c1-3-13(20-9-1)15(11-5-7-17-11)19-16(12-6-8-18-12)14-4-2-10-21-14/h1-4,9-12,15-16H,5-8H2. The first-order valence-corrected chi connectivity index (χ1v) is 9.13. The fourth-order valence-electron chi connectivity index (χ4n) is 2.73. The Labute approximate surface area is 132 Å². The molecule has 0 radical (unpaired) electrons. The van der Waals surface area contributed by atoms with Crippen molar-refractivity contribution in [3.05, 3.63) is 44.8 Å². The lowest BCUT2D eigenvalue weighted by Gasteiger charge is -2.39. The molecule has 2 fully saturated rings. The monoisotopic (exact) mass is 322 g/mol. The Hall–Kier alpha value is -0.720. The summed E-state index contributed by atoms with van der Waals surface area (Å²) < 4.78 is 17.9. The third kappa shape index (κ3) is 2.81. The predicted octanol–water partition coefficient (Wildman–Crippen LogP) is 4.19. The van der Waals surface area contributed by atoms with Gasteiger partial charge in [0.05, 0.1) is 12.2 Å². The second-order valence-corrected chi connectivity index (χ2v) is 7.36. The van der Waals surface area contributed by atoms with Gasteiger partial charge in [-0.3, -0.25) is 0 Å². The first-order valence-electron chi connectivity index (χ1n) is 7.37. The van der Waals surface area contributed by atoms with Crippen LogP contribution in [-0.4, -0.2) is 25.4 Å². The Morgan fingerprint density at radius 1 is 0.905 bits per heavy atom. The topological polar surface area (TPSA) is 27.7 Å². The molecule has 5 heteroatoms. The molecule has 0 spiro atoms. The molecule has 0 amide bonds. The molecule has 2 aliphatic rings. The van der Waals surface area contributed by atoms with Crippen LogP contribution >= 0.6 is 22.7 Å². The van der Waals surface area contributed by atoms with E-state index in [0.717, 1.165) is 26.1 Å². The summed E-state index contributed by atoms with van der Waals surface area (Å²) >= 11 is 3.49. The molecular formula is C16H18O3S2. The summed E-state index contributed by atoms with van der Waals surface area (Å²) in [5, 5.41) is 4.20. The smallest absolute Gasteiger partial charge is 0.119 e. The Balaban J connectivity index is 1.57. The molecular weight excluding hydrogens is 304 g/mol. The highest BCUT2D eigenvalue weighted by Gasteiger charge is 2.38. The molecule has 4 unspecified atom stereocenters. The summed E-state index contributed by atoms with van der Waals surface area (Å²) in [7, 11) is 0. The number of hydrogen-bond acceptors (Lipinski definition) is 5. The molecule has 3 nitrogen and oxygen atoms in total. The SMILES string of the molecule is c1csc(C(OC(c2cccs2)C2CCO2)C2CCO2)c1. The zero-order valence-corrected chi connectivity index (χ0v) is 13.3. The van der Waals surface area contributed by atoms with Crippen molar-refractivity contribution in [2.75, 3.05) is 13.2 Å². The molecule has 0 bridgehead atoms. The lowest BCUT2D eigenvalue weighted by molar-refractivity contribution is -0.202.